The number of hydrogen-bond donors (Lipinski definition) is 3. The number of hydrazine groups is 1. The average molecular weight is 552 g/mol. The van der Waals surface area contributed by atoms with E-state index in [4.69, 9.17) is 16.3 Å². The Morgan fingerprint density at radius 3 is 2.72 bits per heavy atom. The highest BCUT2D eigenvalue weighted by Gasteiger charge is 2.41. The predicted octanol–water partition coefficient (Wildman–Crippen LogP) is 5.46. The van der Waals surface area contributed by atoms with E-state index in [1.165, 1.54) is 10.4 Å². The monoisotopic (exact) mass is 551 g/mol. The maximum absolute atomic E-state index is 12.6. The lowest BCUT2D eigenvalue weighted by molar-refractivity contribution is -0.147. The van der Waals surface area contributed by atoms with Crippen LogP contribution in [0.15, 0.2) is 36.5 Å². The zero-order chi connectivity index (χ0) is 28.5. The minimum absolute atomic E-state index is 0.0851. The number of anilines is 2. The van der Waals surface area contributed by atoms with Gasteiger partial charge in [-0.2, -0.15) is 0 Å². The van der Waals surface area contributed by atoms with Crippen LogP contribution < -0.4 is 21.3 Å². The molecule has 0 saturated carbocycles. The van der Waals surface area contributed by atoms with Gasteiger partial charge in [-0.1, -0.05) is 13.0 Å². The fourth-order valence-electron chi connectivity index (χ4n) is 5.33. The van der Waals surface area contributed by atoms with Gasteiger partial charge in [0.15, 0.2) is 0 Å². The molecule has 0 fully saturated rings. The quantitative estimate of drug-likeness (QED) is 0.182. The van der Waals surface area contributed by atoms with Gasteiger partial charge in [-0.3, -0.25) is 14.7 Å². The SMILES string of the molecule is CC[C@@H]1CN(Cc2cc(C(c3ccc(N(N)CC)c(N)c3C)C(C)(C)C(=O)O)sc2C)Cc2ncccc2O1. The van der Waals surface area contributed by atoms with E-state index in [9.17, 15) is 9.90 Å². The number of pyridine rings is 1. The van der Waals surface area contributed by atoms with Gasteiger partial charge in [0, 0.05) is 48.0 Å². The summed E-state index contributed by atoms with van der Waals surface area (Å²) in [5, 5.41) is 11.9. The number of nitrogen functional groups attached to an aromatic ring is 1. The molecule has 9 heteroatoms. The fourth-order valence-corrected chi connectivity index (χ4v) is 6.68. The minimum atomic E-state index is -1.06. The van der Waals surface area contributed by atoms with Crippen molar-refractivity contribution in [1.29, 1.82) is 0 Å². The molecule has 2 aromatic heterocycles. The lowest BCUT2D eigenvalue weighted by Gasteiger charge is -2.32. The van der Waals surface area contributed by atoms with E-state index in [1.807, 2.05) is 44.3 Å². The zero-order valence-electron chi connectivity index (χ0n) is 23.8. The number of thiophene rings is 1. The highest BCUT2D eigenvalue weighted by Crippen LogP contribution is 2.47. The molecule has 0 aliphatic carbocycles. The number of ether oxygens (including phenoxy) is 1. The van der Waals surface area contributed by atoms with Crippen LogP contribution in [0.3, 0.4) is 0 Å². The minimum Gasteiger partial charge on any atom is -0.487 e. The molecule has 1 unspecified atom stereocenters. The van der Waals surface area contributed by atoms with Crippen molar-refractivity contribution in [2.75, 3.05) is 23.8 Å². The Morgan fingerprint density at radius 2 is 2.05 bits per heavy atom. The summed E-state index contributed by atoms with van der Waals surface area (Å²) in [4.78, 5) is 21.7. The second kappa shape index (κ2) is 11.5. The van der Waals surface area contributed by atoms with Gasteiger partial charge >= 0.3 is 5.97 Å². The van der Waals surface area contributed by atoms with E-state index in [1.54, 1.807) is 30.2 Å². The maximum Gasteiger partial charge on any atom is 0.310 e. The van der Waals surface area contributed by atoms with Crippen molar-refractivity contribution in [3.8, 4) is 5.75 Å². The van der Waals surface area contributed by atoms with E-state index in [0.29, 0.717) is 18.8 Å². The van der Waals surface area contributed by atoms with Gasteiger partial charge in [-0.15, -0.1) is 11.3 Å². The number of fused-ring (bicyclic) bond motifs is 1. The molecule has 1 aliphatic rings. The molecule has 0 radical (unpaired) electrons. The predicted molar refractivity (Wildman–Crippen MR) is 158 cm³/mol. The second-order valence-electron chi connectivity index (χ2n) is 11.0. The molecule has 39 heavy (non-hydrogen) atoms. The van der Waals surface area contributed by atoms with E-state index in [-0.39, 0.29) is 12.0 Å². The number of nitrogens with zero attached hydrogens (tertiary/aromatic N) is 3. The summed E-state index contributed by atoms with van der Waals surface area (Å²) in [5.41, 5.74) is 10.7. The first-order valence-corrected chi connectivity index (χ1v) is 14.4. The Morgan fingerprint density at radius 1 is 1.31 bits per heavy atom. The molecule has 210 valence electrons. The Bertz CT molecular complexity index is 1340. The van der Waals surface area contributed by atoms with Crippen molar-refractivity contribution in [1.82, 2.24) is 9.88 Å². The summed E-state index contributed by atoms with van der Waals surface area (Å²) in [5.74, 6) is 5.77. The van der Waals surface area contributed by atoms with Crippen LogP contribution in [-0.4, -0.2) is 40.2 Å². The molecular formula is C30H41N5O3S. The van der Waals surface area contributed by atoms with Gasteiger partial charge < -0.3 is 20.6 Å². The third kappa shape index (κ3) is 5.76. The standard InChI is InChI=1S/C30H41N5O3S/c1-7-21-16-34(17-23-25(38-21)10-9-13-33-23)15-20-14-26(39-19(20)4)27(30(5,6)29(36)37)22-11-12-24(35(32)8-2)28(31)18(22)3/h9-14,21,27H,7-8,15-17,31-32H2,1-6H3,(H,36,37)/t21-,27?/m1/s1. The number of nitrogens with two attached hydrogens (primary N) is 2. The first kappa shape index (κ1) is 28.9. The van der Waals surface area contributed by atoms with Crippen molar-refractivity contribution in [3.63, 3.8) is 0 Å². The largest absolute Gasteiger partial charge is 0.487 e. The molecule has 0 saturated heterocycles. The summed E-state index contributed by atoms with van der Waals surface area (Å²) in [6.07, 6.45) is 2.80. The molecule has 0 spiro atoms. The topological polar surface area (TPSA) is 118 Å². The van der Waals surface area contributed by atoms with Crippen LogP contribution in [0.4, 0.5) is 11.4 Å². The van der Waals surface area contributed by atoms with Gasteiger partial charge in [0.1, 0.15) is 11.9 Å². The van der Waals surface area contributed by atoms with E-state index < -0.39 is 11.4 Å². The van der Waals surface area contributed by atoms with Gasteiger partial charge in [0.05, 0.1) is 22.5 Å². The molecule has 3 heterocycles. The molecule has 3 aromatic rings. The van der Waals surface area contributed by atoms with Crippen LogP contribution in [0.25, 0.3) is 0 Å². The van der Waals surface area contributed by atoms with Crippen LogP contribution >= 0.6 is 11.3 Å². The lowest BCUT2D eigenvalue weighted by Crippen LogP contribution is -2.33. The Kier molecular flexibility index (Phi) is 8.54. The summed E-state index contributed by atoms with van der Waals surface area (Å²) in [6.45, 7) is 14.6. The lowest BCUT2D eigenvalue weighted by atomic mass is 9.72. The maximum atomic E-state index is 12.6. The number of carbonyl (C=O) groups is 1. The second-order valence-corrected chi connectivity index (χ2v) is 12.2. The molecule has 0 bridgehead atoms. The number of rotatable bonds is 9. The van der Waals surface area contributed by atoms with Crippen LogP contribution in [0.1, 0.15) is 72.2 Å². The zero-order valence-corrected chi connectivity index (χ0v) is 24.6. The summed E-state index contributed by atoms with van der Waals surface area (Å²) in [7, 11) is 0. The fraction of sp³-hybridized carbons (Fsp3) is 0.467. The van der Waals surface area contributed by atoms with Crippen LogP contribution in [0.5, 0.6) is 5.75 Å². The Hall–Kier alpha value is -3.14. The average Bonchev–Trinajstić information content (AvgIpc) is 3.14. The first-order valence-electron chi connectivity index (χ1n) is 13.5. The highest BCUT2D eigenvalue weighted by molar-refractivity contribution is 7.12. The molecule has 0 amide bonds. The van der Waals surface area contributed by atoms with E-state index in [0.717, 1.165) is 52.6 Å². The number of aryl methyl sites for hydroxylation is 1. The number of hydrogen-bond acceptors (Lipinski definition) is 8. The van der Waals surface area contributed by atoms with Gasteiger partial charge in [-0.05, 0) is 82.0 Å². The van der Waals surface area contributed by atoms with Crippen molar-refractivity contribution in [3.05, 3.63) is 68.7 Å². The number of aliphatic carboxylic acids is 1. The Labute approximate surface area is 235 Å². The molecule has 1 aliphatic heterocycles. The number of benzene rings is 1. The van der Waals surface area contributed by atoms with Crippen LogP contribution in [0.2, 0.25) is 0 Å². The van der Waals surface area contributed by atoms with Crippen molar-refractivity contribution in [2.45, 2.75) is 73.1 Å². The van der Waals surface area contributed by atoms with Gasteiger partial charge in [0.2, 0.25) is 0 Å². The molecular weight excluding hydrogens is 510 g/mol. The Balaban J connectivity index is 1.72. The molecule has 2 atom stereocenters. The third-order valence-corrected chi connectivity index (χ3v) is 9.08. The number of carboxylic acid groups (broad SMARTS) is 1. The highest BCUT2D eigenvalue weighted by atomic mass is 32.1. The summed E-state index contributed by atoms with van der Waals surface area (Å²) >= 11 is 1.66. The summed E-state index contributed by atoms with van der Waals surface area (Å²) in [6, 6.07) is 9.98. The molecule has 5 N–H and O–H groups in total. The normalized spacial score (nSPS) is 16.7. The van der Waals surface area contributed by atoms with Gasteiger partial charge in [0.25, 0.3) is 0 Å². The summed E-state index contributed by atoms with van der Waals surface area (Å²) < 4.78 is 6.24. The number of aromatic nitrogens is 1. The molecule has 8 nitrogen and oxygen atoms in total. The number of carboxylic acids is 1. The molecule has 4 rings (SSSR count). The third-order valence-electron chi connectivity index (χ3n) is 7.92. The van der Waals surface area contributed by atoms with Crippen LogP contribution in [-0.2, 0) is 17.9 Å². The van der Waals surface area contributed by atoms with E-state index >= 15 is 0 Å². The van der Waals surface area contributed by atoms with Crippen LogP contribution in [0, 0.1) is 19.3 Å². The molecule has 1 aromatic carbocycles. The van der Waals surface area contributed by atoms with E-state index in [2.05, 4.69) is 29.8 Å². The van der Waals surface area contributed by atoms with Gasteiger partial charge in [-0.25, -0.2) is 5.84 Å². The van der Waals surface area contributed by atoms with Crippen molar-refractivity contribution < 1.29 is 14.6 Å². The smallest absolute Gasteiger partial charge is 0.310 e. The first-order chi connectivity index (χ1) is 18.5. The van der Waals surface area contributed by atoms with Crippen molar-refractivity contribution >= 4 is 28.7 Å². The van der Waals surface area contributed by atoms with Crippen molar-refractivity contribution in [2.24, 2.45) is 11.3 Å².